The van der Waals surface area contributed by atoms with Gasteiger partial charge in [0.05, 0.1) is 24.0 Å². The quantitative estimate of drug-likeness (QED) is 0.218. The molecule has 10 aliphatic heterocycles. The minimum absolute atomic E-state index is 0.498. The Balaban J connectivity index is 1.34. The van der Waals surface area contributed by atoms with Crippen molar-refractivity contribution >= 4 is 78.2 Å². The maximum atomic E-state index is 14.7. The average molecular weight is 729 g/mol. The molecule has 2 aromatic carbocycles. The Kier molecular flexibility index (Phi) is 5.45. The zero-order valence-electron chi connectivity index (χ0n) is 25.2. The molecule has 6 N–H and O–H groups in total. The van der Waals surface area contributed by atoms with Gasteiger partial charge in [0.25, 0.3) is 23.6 Å². The fourth-order valence-corrected chi connectivity index (χ4v) is 17.4. The van der Waals surface area contributed by atoms with Gasteiger partial charge in [-0.25, -0.2) is 0 Å². The van der Waals surface area contributed by atoms with Crippen LogP contribution in [0.25, 0.3) is 0 Å². The molecule has 4 bridgehead atoms. The summed E-state index contributed by atoms with van der Waals surface area (Å²) >= 11 is 0. The zero-order valence-corrected chi connectivity index (χ0v) is 28.5. The molecule has 0 radical (unpaired) electrons. The van der Waals surface area contributed by atoms with E-state index < -0.39 is 91.7 Å². The van der Waals surface area contributed by atoms with Crippen molar-refractivity contribution < 1.29 is 39.6 Å². The number of aliphatic hydroxyl groups excluding tert-OH is 4. The minimum Gasteiger partial charge on any atom is -0.392 e. The van der Waals surface area contributed by atoms with E-state index in [0.29, 0.717) is 22.5 Å². The number of likely N-dealkylation sites (N-methyl/N-ethyl adjacent to an activating group) is 2. The highest BCUT2D eigenvalue weighted by Crippen LogP contribution is 2.78. The molecule has 8 fully saturated rings. The number of benzene rings is 2. The van der Waals surface area contributed by atoms with Gasteiger partial charge >= 0.3 is 0 Å². The van der Waals surface area contributed by atoms with Crippen LogP contribution < -0.4 is 10.6 Å². The molecule has 0 aliphatic carbocycles. The van der Waals surface area contributed by atoms with E-state index in [1.54, 1.807) is 48.5 Å². The summed E-state index contributed by atoms with van der Waals surface area (Å²) in [4.78, 5) is 56.6. The Morgan fingerprint density at radius 2 is 1.00 bits per heavy atom. The van der Waals surface area contributed by atoms with Crippen molar-refractivity contribution in [1.29, 1.82) is 0 Å². The summed E-state index contributed by atoms with van der Waals surface area (Å²) in [6, 6.07) is 14.2. The van der Waals surface area contributed by atoms with Crippen LogP contribution in [-0.2, 0) is 30.0 Å². The largest absolute Gasteiger partial charge is 0.392 e. The lowest BCUT2D eigenvalue weighted by molar-refractivity contribution is -0.169. The van der Waals surface area contributed by atoms with Crippen LogP contribution in [0.4, 0.5) is 11.4 Å². The molecule has 12 rings (SSSR count). The SMILES string of the molecule is CN1C(=O)[C@]23SS[C@@]1(CO)C(=O)N2[C@H]1Nc2ccccc2C1(C12c4ccccc4N[C@@H]1N1C(=O)[C@]4(CO)SS[C@]1(C(=O)N4C)[C@H]2O)[C@@H]3O. The number of aliphatic hydroxyl groups is 4. The van der Waals surface area contributed by atoms with Crippen molar-refractivity contribution in [2.75, 3.05) is 37.9 Å². The first-order valence-electron chi connectivity index (χ1n) is 15.2. The van der Waals surface area contributed by atoms with Gasteiger partial charge in [0, 0.05) is 25.5 Å². The smallest absolute Gasteiger partial charge is 0.265 e. The molecule has 2 spiro atoms. The lowest BCUT2D eigenvalue weighted by atomic mass is 9.52. The number of carbonyl (C=O) groups excluding carboxylic acids is 4. The normalized spacial score (nSPS) is 45.5. The third-order valence-electron chi connectivity index (χ3n) is 12.2. The number of anilines is 2. The van der Waals surface area contributed by atoms with E-state index in [1.165, 1.54) is 33.7 Å². The van der Waals surface area contributed by atoms with Crippen molar-refractivity contribution in [2.45, 2.75) is 54.9 Å². The van der Waals surface area contributed by atoms with Crippen LogP contribution in [-0.4, -0.2) is 135 Å². The Morgan fingerprint density at radius 1 is 0.625 bits per heavy atom. The van der Waals surface area contributed by atoms with Crippen LogP contribution in [0.2, 0.25) is 0 Å². The Hall–Kier alpha value is -2.84. The fourth-order valence-electron chi connectivity index (χ4n) is 10.0. The fraction of sp³-hybridized carbons (Fsp3) is 0.467. The number of hydrogen-bond donors (Lipinski definition) is 6. The molecule has 0 aromatic heterocycles. The Morgan fingerprint density at radius 3 is 1.38 bits per heavy atom. The summed E-state index contributed by atoms with van der Waals surface area (Å²) in [5.74, 6) is -2.36. The molecule has 4 amide bonds. The van der Waals surface area contributed by atoms with E-state index >= 15 is 0 Å². The molecule has 48 heavy (non-hydrogen) atoms. The van der Waals surface area contributed by atoms with Crippen molar-refractivity contribution in [2.24, 2.45) is 0 Å². The van der Waals surface area contributed by atoms with Crippen molar-refractivity contribution in [3.63, 3.8) is 0 Å². The number of hydrogen-bond acceptors (Lipinski definition) is 14. The second-order valence-electron chi connectivity index (χ2n) is 13.4. The van der Waals surface area contributed by atoms with Crippen LogP contribution in [0.5, 0.6) is 0 Å². The number of fused-ring (bicyclic) bond motifs is 11. The summed E-state index contributed by atoms with van der Waals surface area (Å²) in [6.45, 7) is -1.35. The van der Waals surface area contributed by atoms with Gasteiger partial charge in [-0.2, -0.15) is 0 Å². The third-order valence-corrected chi connectivity index (χ3v) is 19.4. The molecule has 8 saturated heterocycles. The van der Waals surface area contributed by atoms with E-state index in [2.05, 4.69) is 10.6 Å². The Labute approximate surface area is 288 Å². The van der Waals surface area contributed by atoms with Crippen molar-refractivity contribution in [3.05, 3.63) is 59.7 Å². The molecule has 0 saturated carbocycles. The van der Waals surface area contributed by atoms with Gasteiger partial charge in [0.15, 0.2) is 0 Å². The molecule has 2 aromatic rings. The van der Waals surface area contributed by atoms with E-state index in [9.17, 15) is 39.6 Å². The number of para-hydroxylation sites is 2. The van der Waals surface area contributed by atoms with Gasteiger partial charge in [0.1, 0.15) is 24.5 Å². The first-order chi connectivity index (χ1) is 23.0. The van der Waals surface area contributed by atoms with E-state index in [0.717, 1.165) is 43.2 Å². The van der Waals surface area contributed by atoms with E-state index in [-0.39, 0.29) is 0 Å². The van der Waals surface area contributed by atoms with Crippen LogP contribution >= 0.6 is 43.2 Å². The third kappa shape index (κ3) is 2.47. The lowest BCUT2D eigenvalue weighted by Gasteiger charge is -2.58. The first kappa shape index (κ1) is 30.0. The zero-order chi connectivity index (χ0) is 33.6. The monoisotopic (exact) mass is 728 g/mol. The van der Waals surface area contributed by atoms with Crippen LogP contribution in [0.3, 0.4) is 0 Å². The molecule has 14 nitrogen and oxygen atoms in total. The maximum absolute atomic E-state index is 14.7. The van der Waals surface area contributed by atoms with Gasteiger partial charge in [-0.1, -0.05) is 36.4 Å². The second kappa shape index (κ2) is 8.71. The van der Waals surface area contributed by atoms with Crippen LogP contribution in [0.1, 0.15) is 11.1 Å². The summed E-state index contributed by atoms with van der Waals surface area (Å²) in [7, 11) is 6.89. The van der Waals surface area contributed by atoms with Crippen molar-refractivity contribution in [1.82, 2.24) is 19.6 Å². The number of carbonyl (C=O) groups is 4. The summed E-state index contributed by atoms with van der Waals surface area (Å²) in [6.07, 6.45) is -5.79. The number of nitrogens with zero attached hydrogens (tertiary/aromatic N) is 4. The highest BCUT2D eigenvalue weighted by Gasteiger charge is 2.93. The first-order valence-corrected chi connectivity index (χ1v) is 19.5. The average Bonchev–Trinajstić information content (AvgIpc) is 3.75. The highest BCUT2D eigenvalue weighted by molar-refractivity contribution is 8.78. The minimum atomic E-state index is -1.91. The Bertz CT molecular complexity index is 1810. The van der Waals surface area contributed by atoms with Gasteiger partial charge in [-0.3, -0.25) is 29.0 Å². The molecule has 18 heteroatoms. The molecule has 10 aliphatic rings. The highest BCUT2D eigenvalue weighted by atomic mass is 33.1. The van der Waals surface area contributed by atoms with Crippen LogP contribution in [0, 0.1) is 0 Å². The summed E-state index contributed by atoms with van der Waals surface area (Å²) in [5.41, 5.74) is -1.46. The van der Waals surface area contributed by atoms with Crippen molar-refractivity contribution in [3.8, 4) is 0 Å². The number of piperazine rings is 2. The lowest BCUT2D eigenvalue weighted by Crippen LogP contribution is -2.79. The molecule has 250 valence electrons. The van der Waals surface area contributed by atoms with E-state index in [1.807, 2.05) is 0 Å². The predicted octanol–water partition coefficient (Wildman–Crippen LogP) is -0.724. The molecular formula is C30H28N6O8S4. The summed E-state index contributed by atoms with van der Waals surface area (Å²) in [5, 5.41) is 54.7. The molecular weight excluding hydrogens is 701 g/mol. The number of rotatable bonds is 3. The molecule has 10 heterocycles. The topological polar surface area (TPSA) is 186 Å². The maximum Gasteiger partial charge on any atom is 0.265 e. The second-order valence-corrected chi connectivity index (χ2v) is 18.7. The molecule has 10 atom stereocenters. The number of nitrogens with one attached hydrogen (secondary N) is 2. The standard InChI is InChI=1S/C30H28N6O8S4/c1-33-23(43)29-17(39)27(13-7-3-5-9-15(13)31-19(27)35(29)21(41)25(33,11-37)45-47-29)28-14-8-4-6-10-16(14)32-20(28)36-22(42)26(12-38)34(2)24(44)30(36,18(28)40)48-46-26/h3-10,17-20,31-32,37-40H,11-12H2,1-2H3/t17-,18-,19+,20+,25-,26-,27?,28?,29-,30-/m0/s1. The predicted molar refractivity (Wildman–Crippen MR) is 178 cm³/mol. The summed E-state index contributed by atoms with van der Waals surface area (Å²) < 4.78 is 0. The van der Waals surface area contributed by atoms with Gasteiger partial charge in [-0.15, -0.1) is 0 Å². The van der Waals surface area contributed by atoms with Gasteiger partial charge < -0.3 is 40.9 Å². The van der Waals surface area contributed by atoms with Gasteiger partial charge in [0.2, 0.25) is 19.5 Å². The van der Waals surface area contributed by atoms with Gasteiger partial charge in [-0.05, 0) is 66.4 Å². The molecule has 2 unspecified atom stereocenters. The number of amides is 4. The van der Waals surface area contributed by atoms with E-state index in [4.69, 9.17) is 0 Å². The van der Waals surface area contributed by atoms with Crippen LogP contribution in [0.15, 0.2) is 48.5 Å².